The maximum absolute atomic E-state index is 13.6. The van der Waals surface area contributed by atoms with Gasteiger partial charge in [0.15, 0.2) is 5.16 Å². The van der Waals surface area contributed by atoms with Crippen LogP contribution in [0.2, 0.25) is 0 Å². The summed E-state index contributed by atoms with van der Waals surface area (Å²) < 4.78 is 16.0. The van der Waals surface area contributed by atoms with Crippen molar-refractivity contribution in [2.75, 3.05) is 11.1 Å². The molecule has 1 N–H and O–H groups in total. The van der Waals surface area contributed by atoms with Crippen molar-refractivity contribution in [1.82, 2.24) is 9.55 Å². The van der Waals surface area contributed by atoms with E-state index in [0.717, 1.165) is 33.3 Å². The van der Waals surface area contributed by atoms with Gasteiger partial charge in [0.1, 0.15) is 10.6 Å². The molecule has 0 aliphatic heterocycles. The number of nitrogens with one attached hydrogen (secondary N) is 1. The highest BCUT2D eigenvalue weighted by molar-refractivity contribution is 9.10. The van der Waals surface area contributed by atoms with Gasteiger partial charge < -0.3 is 5.32 Å². The zero-order chi connectivity index (χ0) is 24.4. The molecule has 9 heteroatoms. The van der Waals surface area contributed by atoms with Gasteiger partial charge in [-0.15, -0.1) is 11.3 Å². The van der Waals surface area contributed by atoms with Crippen molar-refractivity contribution in [2.45, 2.75) is 38.8 Å². The number of aryl methyl sites for hydroxylation is 3. The maximum atomic E-state index is 13.6. The Labute approximate surface area is 213 Å². The van der Waals surface area contributed by atoms with Gasteiger partial charge in [0.2, 0.25) is 5.91 Å². The predicted octanol–water partition coefficient (Wildman–Crippen LogP) is 6.65. The summed E-state index contributed by atoms with van der Waals surface area (Å²) in [5, 5.41) is 3.87. The average Bonchev–Trinajstić information content (AvgIpc) is 3.11. The third kappa shape index (κ3) is 5.11. The molecular formula is C25H23BrFN3O2S2. The molecule has 34 heavy (non-hydrogen) atoms. The fourth-order valence-corrected chi connectivity index (χ4v) is 6.02. The minimum atomic E-state index is -0.388. The molecule has 2 heterocycles. The van der Waals surface area contributed by atoms with Crippen LogP contribution in [0.1, 0.15) is 29.3 Å². The summed E-state index contributed by atoms with van der Waals surface area (Å²) in [4.78, 5) is 32.8. The van der Waals surface area contributed by atoms with Crippen molar-refractivity contribution < 1.29 is 9.18 Å². The molecule has 0 aliphatic carbocycles. The zero-order valence-corrected chi connectivity index (χ0v) is 22.2. The molecule has 2 aromatic carbocycles. The quantitative estimate of drug-likeness (QED) is 0.203. The normalized spacial score (nSPS) is 11.2. The number of halogens is 2. The molecule has 0 saturated carbocycles. The van der Waals surface area contributed by atoms with E-state index in [2.05, 4.69) is 28.2 Å². The van der Waals surface area contributed by atoms with Gasteiger partial charge in [-0.25, -0.2) is 9.37 Å². The molecule has 4 aromatic rings. The van der Waals surface area contributed by atoms with Crippen LogP contribution in [0.15, 0.2) is 56.9 Å². The highest BCUT2D eigenvalue weighted by Gasteiger charge is 2.20. The fraction of sp³-hybridized carbons (Fsp3) is 0.240. The van der Waals surface area contributed by atoms with Crippen molar-refractivity contribution in [3.05, 3.63) is 79.1 Å². The Morgan fingerprint density at radius 2 is 1.94 bits per heavy atom. The summed E-state index contributed by atoms with van der Waals surface area (Å²) in [6.07, 6.45) is 1.84. The molecule has 1 amide bonds. The Kier molecular flexibility index (Phi) is 7.54. The number of amides is 1. The molecule has 0 atom stereocenters. The molecular weight excluding hydrogens is 537 g/mol. The predicted molar refractivity (Wildman–Crippen MR) is 142 cm³/mol. The SMILES string of the molecule is CCCc1sc2nc(SCC(=O)Nc3ccc(Br)c(C)c3)n(-c3ccc(F)cc3)c(=O)c2c1C. The van der Waals surface area contributed by atoms with Gasteiger partial charge in [0, 0.05) is 15.0 Å². The number of nitrogens with zero attached hydrogens (tertiary/aromatic N) is 2. The number of fused-ring (bicyclic) bond motifs is 1. The lowest BCUT2D eigenvalue weighted by atomic mass is 10.1. The third-order valence-corrected chi connectivity index (χ3v) is 8.44. The van der Waals surface area contributed by atoms with Gasteiger partial charge in [-0.1, -0.05) is 41.0 Å². The molecule has 0 fully saturated rings. The minimum Gasteiger partial charge on any atom is -0.325 e. The molecule has 2 aromatic heterocycles. The van der Waals surface area contributed by atoms with Crippen LogP contribution in [0.3, 0.4) is 0 Å². The van der Waals surface area contributed by atoms with Gasteiger partial charge in [-0.05, 0) is 73.9 Å². The monoisotopic (exact) mass is 559 g/mol. The van der Waals surface area contributed by atoms with Crippen LogP contribution in [0.25, 0.3) is 15.9 Å². The standard InChI is InChI=1S/C25H23BrFN3O2S2/c1-4-5-20-15(3)22-23(34-20)29-25(30(24(22)32)18-9-6-16(27)7-10-18)33-13-21(31)28-17-8-11-19(26)14(2)12-17/h6-12H,4-5,13H2,1-3H3,(H,28,31). The minimum absolute atomic E-state index is 0.0699. The molecule has 176 valence electrons. The molecule has 0 saturated heterocycles. The lowest BCUT2D eigenvalue weighted by Gasteiger charge is -2.12. The van der Waals surface area contributed by atoms with Crippen molar-refractivity contribution >= 4 is 60.8 Å². The van der Waals surface area contributed by atoms with E-state index in [-0.39, 0.29) is 23.0 Å². The first-order chi connectivity index (χ1) is 16.3. The van der Waals surface area contributed by atoms with E-state index in [1.165, 1.54) is 39.8 Å². The topological polar surface area (TPSA) is 64.0 Å². The summed E-state index contributed by atoms with van der Waals surface area (Å²) >= 11 is 6.16. The van der Waals surface area contributed by atoms with Gasteiger partial charge >= 0.3 is 0 Å². The first-order valence-corrected chi connectivity index (χ1v) is 13.4. The maximum Gasteiger partial charge on any atom is 0.267 e. The second-order valence-electron chi connectivity index (χ2n) is 7.89. The molecule has 5 nitrogen and oxygen atoms in total. The Hall–Kier alpha value is -2.49. The average molecular weight is 561 g/mol. The van der Waals surface area contributed by atoms with Crippen LogP contribution in [-0.4, -0.2) is 21.2 Å². The fourth-order valence-electron chi connectivity index (χ4n) is 3.64. The van der Waals surface area contributed by atoms with Crippen LogP contribution in [0, 0.1) is 19.7 Å². The molecule has 0 spiro atoms. The van der Waals surface area contributed by atoms with E-state index in [0.29, 0.717) is 26.7 Å². The van der Waals surface area contributed by atoms with Gasteiger partial charge in [-0.2, -0.15) is 0 Å². The first kappa shape index (κ1) is 24.6. The number of anilines is 1. The van der Waals surface area contributed by atoms with Crippen LogP contribution < -0.4 is 10.9 Å². The molecule has 0 radical (unpaired) electrons. The lowest BCUT2D eigenvalue weighted by Crippen LogP contribution is -2.23. The van der Waals surface area contributed by atoms with E-state index < -0.39 is 0 Å². The smallest absolute Gasteiger partial charge is 0.267 e. The van der Waals surface area contributed by atoms with Crippen molar-refractivity contribution in [1.29, 1.82) is 0 Å². The summed E-state index contributed by atoms with van der Waals surface area (Å²) in [5.74, 6) is -0.526. The molecule has 0 bridgehead atoms. The van der Waals surface area contributed by atoms with Gasteiger partial charge in [-0.3, -0.25) is 14.2 Å². The largest absolute Gasteiger partial charge is 0.325 e. The van der Waals surface area contributed by atoms with E-state index in [9.17, 15) is 14.0 Å². The highest BCUT2D eigenvalue weighted by atomic mass is 79.9. The number of thioether (sulfide) groups is 1. The number of hydrogen-bond donors (Lipinski definition) is 1. The molecule has 0 aliphatic rings. The van der Waals surface area contributed by atoms with Gasteiger partial charge in [0.05, 0.1) is 16.8 Å². The lowest BCUT2D eigenvalue weighted by molar-refractivity contribution is -0.113. The number of rotatable bonds is 7. The second kappa shape index (κ2) is 10.4. The number of thiophene rings is 1. The van der Waals surface area contributed by atoms with E-state index >= 15 is 0 Å². The Morgan fingerprint density at radius 1 is 1.21 bits per heavy atom. The van der Waals surface area contributed by atoms with Crippen LogP contribution in [-0.2, 0) is 11.2 Å². The Bertz CT molecular complexity index is 1430. The summed E-state index contributed by atoms with van der Waals surface area (Å²) in [5.41, 5.74) is 2.95. The van der Waals surface area contributed by atoms with Crippen LogP contribution in [0.4, 0.5) is 10.1 Å². The van der Waals surface area contributed by atoms with Crippen LogP contribution in [0.5, 0.6) is 0 Å². The second-order valence-corrected chi connectivity index (χ2v) is 10.8. The Balaban J connectivity index is 1.70. The highest BCUT2D eigenvalue weighted by Crippen LogP contribution is 2.31. The van der Waals surface area contributed by atoms with E-state index in [1.807, 2.05) is 32.0 Å². The van der Waals surface area contributed by atoms with E-state index in [1.54, 1.807) is 12.1 Å². The summed E-state index contributed by atoms with van der Waals surface area (Å²) in [6, 6.07) is 11.3. The van der Waals surface area contributed by atoms with E-state index in [4.69, 9.17) is 4.98 Å². The summed E-state index contributed by atoms with van der Waals surface area (Å²) in [7, 11) is 0. The van der Waals surface area contributed by atoms with Gasteiger partial charge in [0.25, 0.3) is 5.56 Å². The number of benzene rings is 2. The zero-order valence-electron chi connectivity index (χ0n) is 18.9. The first-order valence-electron chi connectivity index (χ1n) is 10.8. The number of carbonyl (C=O) groups is 1. The van der Waals surface area contributed by atoms with Crippen molar-refractivity contribution in [3.8, 4) is 5.69 Å². The molecule has 4 rings (SSSR count). The third-order valence-electron chi connectivity index (χ3n) is 5.37. The summed E-state index contributed by atoms with van der Waals surface area (Å²) in [6.45, 7) is 5.99. The van der Waals surface area contributed by atoms with Crippen molar-refractivity contribution in [3.63, 3.8) is 0 Å². The van der Waals surface area contributed by atoms with Crippen molar-refractivity contribution in [2.24, 2.45) is 0 Å². The number of aromatic nitrogens is 2. The van der Waals surface area contributed by atoms with Crippen LogP contribution >= 0.6 is 39.0 Å². The molecule has 0 unspecified atom stereocenters. The number of hydrogen-bond acceptors (Lipinski definition) is 5. The Morgan fingerprint density at radius 3 is 2.62 bits per heavy atom. The number of carbonyl (C=O) groups excluding carboxylic acids is 1.